The topological polar surface area (TPSA) is 123 Å². The Labute approximate surface area is 111 Å². The molecule has 0 atom stereocenters. The molecule has 0 radical (unpaired) electrons. The Bertz CT molecular complexity index is 476. The van der Waals surface area contributed by atoms with Gasteiger partial charge in [0.25, 0.3) is 0 Å². The number of hydrogen-bond acceptors (Lipinski definition) is 5. The van der Waals surface area contributed by atoms with Crippen LogP contribution < -0.4 is 16.4 Å². The Morgan fingerprint density at radius 3 is 2.68 bits per heavy atom. The van der Waals surface area contributed by atoms with E-state index in [1.165, 1.54) is 12.3 Å². The summed E-state index contributed by atoms with van der Waals surface area (Å²) in [6, 6.07) is 1.28. The van der Waals surface area contributed by atoms with Crippen molar-refractivity contribution in [1.29, 1.82) is 0 Å². The molecule has 0 aromatic carbocycles. The number of carbonyl (C=O) groups excluding carboxylic acids is 1. The zero-order valence-electron chi connectivity index (χ0n) is 10.8. The summed E-state index contributed by atoms with van der Waals surface area (Å²) in [7, 11) is 0. The number of nitrogen functional groups attached to an aromatic ring is 1. The SMILES string of the molecule is CCCCN(CC(N)=O)c1cnc(N)cc1C(=O)O. The van der Waals surface area contributed by atoms with Crippen molar-refractivity contribution in [3.63, 3.8) is 0 Å². The maximum atomic E-state index is 11.2. The molecule has 0 aliphatic rings. The van der Waals surface area contributed by atoms with E-state index in [0.29, 0.717) is 12.2 Å². The van der Waals surface area contributed by atoms with E-state index in [-0.39, 0.29) is 17.9 Å². The zero-order valence-corrected chi connectivity index (χ0v) is 10.8. The van der Waals surface area contributed by atoms with Gasteiger partial charge in [0.05, 0.1) is 24.0 Å². The first-order valence-electron chi connectivity index (χ1n) is 5.97. The van der Waals surface area contributed by atoms with E-state index in [1.807, 2.05) is 6.92 Å². The number of rotatable bonds is 7. The Balaban J connectivity index is 3.12. The molecule has 0 fully saturated rings. The van der Waals surface area contributed by atoms with E-state index in [4.69, 9.17) is 11.5 Å². The molecule has 0 unspecified atom stereocenters. The van der Waals surface area contributed by atoms with Crippen molar-refractivity contribution in [2.24, 2.45) is 5.73 Å². The van der Waals surface area contributed by atoms with Crippen molar-refractivity contribution in [2.45, 2.75) is 19.8 Å². The molecule has 1 aromatic heterocycles. The number of aromatic carboxylic acids is 1. The van der Waals surface area contributed by atoms with Crippen LogP contribution in [0.2, 0.25) is 0 Å². The lowest BCUT2D eigenvalue weighted by atomic mass is 10.2. The van der Waals surface area contributed by atoms with Crippen molar-refractivity contribution in [3.05, 3.63) is 17.8 Å². The summed E-state index contributed by atoms with van der Waals surface area (Å²) >= 11 is 0. The first-order valence-corrected chi connectivity index (χ1v) is 5.97. The number of unbranched alkanes of at least 4 members (excludes halogenated alkanes) is 1. The van der Waals surface area contributed by atoms with Gasteiger partial charge in [-0.3, -0.25) is 4.79 Å². The maximum Gasteiger partial charge on any atom is 0.338 e. The third kappa shape index (κ3) is 4.13. The van der Waals surface area contributed by atoms with Gasteiger partial charge >= 0.3 is 5.97 Å². The van der Waals surface area contributed by atoms with Gasteiger partial charge in [0.2, 0.25) is 5.91 Å². The van der Waals surface area contributed by atoms with Crippen LogP contribution in [0.5, 0.6) is 0 Å². The molecule has 7 heteroatoms. The Kier molecular flexibility index (Phi) is 5.11. The monoisotopic (exact) mass is 266 g/mol. The van der Waals surface area contributed by atoms with Gasteiger partial charge in [0.15, 0.2) is 0 Å². The number of nitrogens with zero attached hydrogens (tertiary/aromatic N) is 2. The van der Waals surface area contributed by atoms with Crippen LogP contribution in [0.25, 0.3) is 0 Å². The van der Waals surface area contributed by atoms with Gasteiger partial charge in [-0.2, -0.15) is 0 Å². The number of pyridine rings is 1. The molecule has 104 valence electrons. The van der Waals surface area contributed by atoms with E-state index < -0.39 is 11.9 Å². The standard InChI is InChI=1S/C12H18N4O3/c1-2-3-4-16(7-11(14)17)9-6-15-10(13)5-8(9)12(18)19/h5-6H,2-4,7H2,1H3,(H2,13,15)(H2,14,17)(H,18,19). The average molecular weight is 266 g/mol. The van der Waals surface area contributed by atoms with Crippen LogP contribution in [0.15, 0.2) is 12.3 Å². The summed E-state index contributed by atoms with van der Waals surface area (Å²) in [4.78, 5) is 27.8. The van der Waals surface area contributed by atoms with E-state index >= 15 is 0 Å². The largest absolute Gasteiger partial charge is 0.478 e. The highest BCUT2D eigenvalue weighted by molar-refractivity contribution is 5.95. The maximum absolute atomic E-state index is 11.2. The molecule has 0 saturated heterocycles. The molecule has 0 aliphatic heterocycles. The van der Waals surface area contributed by atoms with Crippen molar-refractivity contribution < 1.29 is 14.7 Å². The highest BCUT2D eigenvalue weighted by atomic mass is 16.4. The number of carbonyl (C=O) groups is 2. The molecule has 1 rings (SSSR count). The molecule has 0 spiro atoms. The number of hydrogen-bond donors (Lipinski definition) is 3. The van der Waals surface area contributed by atoms with Crippen LogP contribution in [-0.4, -0.2) is 35.1 Å². The quantitative estimate of drug-likeness (QED) is 0.658. The first kappa shape index (κ1) is 14.7. The Hall–Kier alpha value is -2.31. The summed E-state index contributed by atoms with van der Waals surface area (Å²) in [5, 5.41) is 9.17. The van der Waals surface area contributed by atoms with Crippen LogP contribution in [0.1, 0.15) is 30.1 Å². The molecule has 0 saturated carbocycles. The van der Waals surface area contributed by atoms with Gasteiger partial charge < -0.3 is 21.5 Å². The summed E-state index contributed by atoms with van der Waals surface area (Å²) in [5.74, 6) is -1.52. The number of carboxylic acid groups (broad SMARTS) is 1. The predicted octanol–water partition coefficient (Wildman–Crippen LogP) is 0.454. The molecule has 1 heterocycles. The minimum Gasteiger partial charge on any atom is -0.478 e. The molecular formula is C12H18N4O3. The fraction of sp³-hybridized carbons (Fsp3) is 0.417. The van der Waals surface area contributed by atoms with Crippen LogP contribution in [0.4, 0.5) is 11.5 Å². The van der Waals surface area contributed by atoms with E-state index in [2.05, 4.69) is 4.98 Å². The number of aromatic nitrogens is 1. The number of carboxylic acids is 1. The highest BCUT2D eigenvalue weighted by Crippen LogP contribution is 2.21. The lowest BCUT2D eigenvalue weighted by Crippen LogP contribution is -2.35. The van der Waals surface area contributed by atoms with Gasteiger partial charge in [0, 0.05) is 6.54 Å². The molecule has 19 heavy (non-hydrogen) atoms. The van der Waals surface area contributed by atoms with E-state index in [9.17, 15) is 14.7 Å². The number of nitrogens with two attached hydrogens (primary N) is 2. The smallest absolute Gasteiger partial charge is 0.338 e. The lowest BCUT2D eigenvalue weighted by molar-refractivity contribution is -0.116. The van der Waals surface area contributed by atoms with E-state index in [1.54, 1.807) is 4.90 Å². The Morgan fingerprint density at radius 1 is 1.47 bits per heavy atom. The van der Waals surface area contributed by atoms with Gasteiger partial charge in [-0.25, -0.2) is 9.78 Å². The van der Waals surface area contributed by atoms with Gasteiger partial charge in [-0.1, -0.05) is 13.3 Å². The molecule has 5 N–H and O–H groups in total. The Morgan fingerprint density at radius 2 is 2.16 bits per heavy atom. The summed E-state index contributed by atoms with van der Waals surface area (Å²) in [6.45, 7) is 2.49. The first-order chi connectivity index (χ1) is 8.95. The summed E-state index contributed by atoms with van der Waals surface area (Å²) in [5.41, 5.74) is 11.0. The third-order valence-electron chi connectivity index (χ3n) is 2.60. The van der Waals surface area contributed by atoms with Crippen molar-refractivity contribution >= 4 is 23.4 Å². The van der Waals surface area contributed by atoms with Crippen LogP contribution in [0, 0.1) is 0 Å². The normalized spacial score (nSPS) is 10.2. The molecule has 1 amide bonds. The van der Waals surface area contributed by atoms with Crippen LogP contribution >= 0.6 is 0 Å². The van der Waals surface area contributed by atoms with E-state index in [0.717, 1.165) is 12.8 Å². The van der Waals surface area contributed by atoms with Gasteiger partial charge in [-0.05, 0) is 12.5 Å². The van der Waals surface area contributed by atoms with Crippen molar-refractivity contribution in [3.8, 4) is 0 Å². The minimum absolute atomic E-state index is 0.0184. The second-order valence-corrected chi connectivity index (χ2v) is 4.17. The number of primary amides is 1. The molecule has 1 aromatic rings. The highest BCUT2D eigenvalue weighted by Gasteiger charge is 2.18. The summed E-state index contributed by atoms with van der Waals surface area (Å²) in [6.07, 6.45) is 3.09. The molecular weight excluding hydrogens is 248 g/mol. The fourth-order valence-corrected chi connectivity index (χ4v) is 1.71. The van der Waals surface area contributed by atoms with Crippen molar-refractivity contribution in [2.75, 3.05) is 23.7 Å². The van der Waals surface area contributed by atoms with Crippen LogP contribution in [0.3, 0.4) is 0 Å². The van der Waals surface area contributed by atoms with Crippen molar-refractivity contribution in [1.82, 2.24) is 4.98 Å². The van der Waals surface area contributed by atoms with Crippen LogP contribution in [-0.2, 0) is 4.79 Å². The number of amides is 1. The zero-order chi connectivity index (χ0) is 14.4. The molecule has 0 aliphatic carbocycles. The molecule has 0 bridgehead atoms. The fourth-order valence-electron chi connectivity index (χ4n) is 1.71. The average Bonchev–Trinajstić information content (AvgIpc) is 2.34. The molecule has 7 nitrogen and oxygen atoms in total. The van der Waals surface area contributed by atoms with Gasteiger partial charge in [-0.15, -0.1) is 0 Å². The lowest BCUT2D eigenvalue weighted by Gasteiger charge is -2.24. The minimum atomic E-state index is -1.12. The number of anilines is 2. The van der Waals surface area contributed by atoms with Gasteiger partial charge in [0.1, 0.15) is 5.82 Å². The second-order valence-electron chi connectivity index (χ2n) is 4.17. The third-order valence-corrected chi connectivity index (χ3v) is 2.60. The second kappa shape index (κ2) is 6.58. The predicted molar refractivity (Wildman–Crippen MR) is 71.9 cm³/mol. The summed E-state index contributed by atoms with van der Waals surface area (Å²) < 4.78 is 0.